The van der Waals surface area contributed by atoms with Gasteiger partial charge in [0.15, 0.2) is 0 Å². The lowest BCUT2D eigenvalue weighted by molar-refractivity contribution is 0.0213. The Kier molecular flexibility index (Phi) is 6.64. The molecule has 0 radical (unpaired) electrons. The number of esters is 1. The lowest BCUT2D eigenvalue weighted by Crippen LogP contribution is -2.13. The third kappa shape index (κ3) is 5.44. The van der Waals surface area contributed by atoms with Crippen LogP contribution in [0.15, 0.2) is 12.1 Å². The van der Waals surface area contributed by atoms with Crippen LogP contribution in [0.1, 0.15) is 16.1 Å². The van der Waals surface area contributed by atoms with Crippen LogP contribution in [0.25, 0.3) is 0 Å². The van der Waals surface area contributed by atoms with Gasteiger partial charge in [0.25, 0.3) is 0 Å². The smallest absolute Gasteiger partial charge is 0.338 e. The molecule has 1 aromatic rings. The second-order valence-electron chi connectivity index (χ2n) is 3.56. The Morgan fingerprint density at radius 3 is 2.67 bits per heavy atom. The van der Waals surface area contributed by atoms with Crippen LogP contribution < -0.4 is 0 Å². The summed E-state index contributed by atoms with van der Waals surface area (Å²) in [5.41, 5.74) is 1.06. The van der Waals surface area contributed by atoms with Gasteiger partial charge in [0.2, 0.25) is 0 Å². The minimum absolute atomic E-state index is 0.196. The van der Waals surface area contributed by atoms with Gasteiger partial charge in [-0.05, 0) is 19.1 Å². The number of rotatable bonds is 7. The first-order valence-corrected chi connectivity index (χ1v) is 5.89. The number of nitrogens with zero attached hydrogens (tertiary/aromatic N) is 1. The van der Waals surface area contributed by atoms with Gasteiger partial charge < -0.3 is 14.2 Å². The quantitative estimate of drug-likeness (QED) is 0.431. The Balaban J connectivity index is 2.32. The molecule has 1 rings (SSSR count). The molecular weight excluding hydrogens is 258 g/mol. The van der Waals surface area contributed by atoms with Crippen LogP contribution in [0.5, 0.6) is 0 Å². The summed E-state index contributed by atoms with van der Waals surface area (Å²) in [6, 6.07) is 3.10. The topological polar surface area (TPSA) is 57.7 Å². The number of hydrogen-bond acceptors (Lipinski definition) is 5. The van der Waals surface area contributed by atoms with Crippen LogP contribution in [0.2, 0.25) is 5.15 Å². The molecule has 5 nitrogen and oxygen atoms in total. The fourth-order valence-corrected chi connectivity index (χ4v) is 1.52. The summed E-state index contributed by atoms with van der Waals surface area (Å²) in [6.45, 7) is 3.30. The SMILES string of the molecule is COCCOCCOC(=O)c1cc(C)nc(Cl)c1. The maximum absolute atomic E-state index is 11.6. The fourth-order valence-electron chi connectivity index (χ4n) is 1.27. The molecule has 18 heavy (non-hydrogen) atoms. The van der Waals surface area contributed by atoms with Crippen LogP contribution in [0.4, 0.5) is 0 Å². The summed E-state index contributed by atoms with van der Waals surface area (Å²) < 4.78 is 15.0. The van der Waals surface area contributed by atoms with E-state index in [1.165, 1.54) is 6.07 Å². The average Bonchev–Trinajstić information content (AvgIpc) is 2.32. The molecule has 0 aliphatic heterocycles. The summed E-state index contributed by atoms with van der Waals surface area (Å²) in [7, 11) is 1.60. The summed E-state index contributed by atoms with van der Waals surface area (Å²) in [6.07, 6.45) is 0. The van der Waals surface area contributed by atoms with Crippen molar-refractivity contribution in [1.82, 2.24) is 4.98 Å². The zero-order valence-corrected chi connectivity index (χ0v) is 11.2. The largest absolute Gasteiger partial charge is 0.460 e. The van der Waals surface area contributed by atoms with Crippen molar-refractivity contribution in [3.8, 4) is 0 Å². The zero-order chi connectivity index (χ0) is 13.4. The van der Waals surface area contributed by atoms with Crippen LogP contribution >= 0.6 is 11.6 Å². The number of ether oxygens (including phenoxy) is 3. The van der Waals surface area contributed by atoms with Crippen molar-refractivity contribution in [2.45, 2.75) is 6.92 Å². The van der Waals surface area contributed by atoms with E-state index >= 15 is 0 Å². The molecular formula is C12H16ClNO4. The fraction of sp³-hybridized carbons (Fsp3) is 0.500. The molecule has 0 amide bonds. The van der Waals surface area contributed by atoms with Crippen molar-refractivity contribution in [1.29, 1.82) is 0 Å². The van der Waals surface area contributed by atoms with E-state index in [9.17, 15) is 4.79 Å². The monoisotopic (exact) mass is 273 g/mol. The molecule has 6 heteroatoms. The molecule has 0 bridgehead atoms. The summed E-state index contributed by atoms with van der Waals surface area (Å²) in [5.74, 6) is -0.433. The molecule has 0 aliphatic carbocycles. The molecule has 0 fully saturated rings. The number of carbonyl (C=O) groups is 1. The van der Waals surface area contributed by atoms with Gasteiger partial charge in [-0.2, -0.15) is 0 Å². The number of pyridine rings is 1. The molecule has 0 aliphatic rings. The third-order valence-corrected chi connectivity index (χ3v) is 2.24. The van der Waals surface area contributed by atoms with E-state index in [2.05, 4.69) is 4.98 Å². The Hall–Kier alpha value is -1.17. The predicted molar refractivity (Wildman–Crippen MR) is 67.0 cm³/mol. The lowest BCUT2D eigenvalue weighted by Gasteiger charge is -2.06. The van der Waals surface area contributed by atoms with Crippen molar-refractivity contribution in [2.24, 2.45) is 0 Å². The number of methoxy groups -OCH3 is 1. The van der Waals surface area contributed by atoms with Crippen molar-refractivity contribution >= 4 is 17.6 Å². The molecule has 0 N–H and O–H groups in total. The van der Waals surface area contributed by atoms with Gasteiger partial charge in [-0.1, -0.05) is 11.6 Å². The number of carbonyl (C=O) groups excluding carboxylic acids is 1. The second-order valence-corrected chi connectivity index (χ2v) is 3.95. The Bertz CT molecular complexity index is 377. The van der Waals surface area contributed by atoms with Crippen molar-refractivity contribution < 1.29 is 19.0 Å². The van der Waals surface area contributed by atoms with E-state index in [1.807, 2.05) is 0 Å². The number of aryl methyl sites for hydroxylation is 1. The maximum atomic E-state index is 11.6. The zero-order valence-electron chi connectivity index (χ0n) is 10.4. The Morgan fingerprint density at radius 1 is 1.28 bits per heavy atom. The van der Waals surface area contributed by atoms with Crippen LogP contribution in [0.3, 0.4) is 0 Å². The van der Waals surface area contributed by atoms with Gasteiger partial charge in [0.05, 0.1) is 25.4 Å². The minimum atomic E-state index is -0.433. The van der Waals surface area contributed by atoms with E-state index in [0.717, 1.165) is 0 Å². The number of hydrogen-bond donors (Lipinski definition) is 0. The van der Waals surface area contributed by atoms with Gasteiger partial charge in [-0.3, -0.25) is 0 Å². The highest BCUT2D eigenvalue weighted by molar-refractivity contribution is 6.29. The molecule has 0 unspecified atom stereocenters. The first-order chi connectivity index (χ1) is 8.63. The second kappa shape index (κ2) is 8.02. The third-order valence-electron chi connectivity index (χ3n) is 2.05. The Labute approximate surface area is 111 Å². The highest BCUT2D eigenvalue weighted by atomic mass is 35.5. The Morgan fingerprint density at radius 2 is 2.00 bits per heavy atom. The maximum Gasteiger partial charge on any atom is 0.338 e. The molecule has 100 valence electrons. The number of halogens is 1. The van der Waals surface area contributed by atoms with Gasteiger partial charge >= 0.3 is 5.97 Å². The molecule has 0 aromatic carbocycles. The van der Waals surface area contributed by atoms with Gasteiger partial charge in [-0.15, -0.1) is 0 Å². The molecule has 0 atom stereocenters. The standard InChI is InChI=1S/C12H16ClNO4/c1-9-7-10(8-11(13)14-9)12(15)18-6-5-17-4-3-16-2/h7-8H,3-6H2,1-2H3. The predicted octanol–water partition coefficient (Wildman–Crippen LogP) is 1.86. The van der Waals surface area contributed by atoms with Gasteiger partial charge in [-0.25, -0.2) is 9.78 Å². The van der Waals surface area contributed by atoms with Crippen molar-refractivity contribution in [3.05, 3.63) is 28.5 Å². The summed E-state index contributed by atoms with van der Waals surface area (Å²) in [5, 5.41) is 0.276. The van der Waals surface area contributed by atoms with E-state index < -0.39 is 5.97 Å². The minimum Gasteiger partial charge on any atom is -0.460 e. The highest BCUT2D eigenvalue weighted by Crippen LogP contribution is 2.11. The van der Waals surface area contributed by atoms with Crippen molar-refractivity contribution in [3.63, 3.8) is 0 Å². The van der Waals surface area contributed by atoms with E-state index in [4.69, 9.17) is 25.8 Å². The average molecular weight is 274 g/mol. The van der Waals surface area contributed by atoms with Crippen LogP contribution in [0, 0.1) is 6.92 Å². The van der Waals surface area contributed by atoms with E-state index in [0.29, 0.717) is 31.1 Å². The highest BCUT2D eigenvalue weighted by Gasteiger charge is 2.09. The number of aromatic nitrogens is 1. The molecule has 0 spiro atoms. The molecule has 0 saturated heterocycles. The van der Waals surface area contributed by atoms with E-state index in [1.54, 1.807) is 20.1 Å². The molecule has 1 heterocycles. The first-order valence-electron chi connectivity index (χ1n) is 5.51. The van der Waals surface area contributed by atoms with Crippen LogP contribution in [-0.2, 0) is 14.2 Å². The summed E-state index contributed by atoms with van der Waals surface area (Å²) in [4.78, 5) is 15.6. The van der Waals surface area contributed by atoms with Gasteiger partial charge in [0, 0.05) is 12.8 Å². The first kappa shape index (κ1) is 14.9. The van der Waals surface area contributed by atoms with Gasteiger partial charge in [0.1, 0.15) is 11.8 Å². The normalized spacial score (nSPS) is 10.4. The van der Waals surface area contributed by atoms with E-state index in [-0.39, 0.29) is 11.8 Å². The molecule has 1 aromatic heterocycles. The van der Waals surface area contributed by atoms with Crippen LogP contribution in [-0.4, -0.2) is 44.5 Å². The summed E-state index contributed by atoms with van der Waals surface area (Å²) >= 11 is 5.76. The van der Waals surface area contributed by atoms with Crippen molar-refractivity contribution in [2.75, 3.05) is 33.5 Å². The lowest BCUT2D eigenvalue weighted by atomic mass is 10.2. The molecule has 0 saturated carbocycles.